The lowest BCUT2D eigenvalue weighted by Crippen LogP contribution is -2.30. The van der Waals surface area contributed by atoms with Crippen LogP contribution in [0.4, 0.5) is 13.2 Å². The number of ether oxygens (including phenoxy) is 1. The minimum absolute atomic E-state index is 0.142. The van der Waals surface area contributed by atoms with Crippen molar-refractivity contribution in [3.05, 3.63) is 12.7 Å². The average molecular weight is 261 g/mol. The Morgan fingerprint density at radius 3 is 2.31 bits per heavy atom. The quantitative estimate of drug-likeness (QED) is 0.707. The number of primary sulfonamides is 1. The van der Waals surface area contributed by atoms with Crippen LogP contribution in [0.1, 0.15) is 19.3 Å². The van der Waals surface area contributed by atoms with Crippen LogP contribution in [0.3, 0.4) is 0 Å². The lowest BCUT2D eigenvalue weighted by atomic mass is 10.2. The van der Waals surface area contributed by atoms with Crippen molar-refractivity contribution in [1.29, 1.82) is 0 Å². The summed E-state index contributed by atoms with van der Waals surface area (Å²) in [5.41, 5.74) is 0. The van der Waals surface area contributed by atoms with Gasteiger partial charge in [0.2, 0.25) is 10.0 Å². The molecule has 4 nitrogen and oxygen atoms in total. The van der Waals surface area contributed by atoms with Crippen molar-refractivity contribution in [2.45, 2.75) is 30.9 Å². The molecule has 0 spiro atoms. The van der Waals surface area contributed by atoms with Gasteiger partial charge in [-0.25, -0.2) is 13.6 Å². The topological polar surface area (TPSA) is 69.4 Å². The zero-order chi connectivity index (χ0) is 12.8. The fraction of sp³-hybridized carbons (Fsp3) is 0.750. The number of rotatable bonds is 7. The summed E-state index contributed by atoms with van der Waals surface area (Å²) in [6.07, 6.45) is -3.05. The first-order valence-corrected chi connectivity index (χ1v) is 6.11. The van der Waals surface area contributed by atoms with Crippen LogP contribution < -0.4 is 5.14 Å². The zero-order valence-electron chi connectivity index (χ0n) is 8.53. The number of hydrogen-bond donors (Lipinski definition) is 1. The van der Waals surface area contributed by atoms with E-state index >= 15 is 0 Å². The summed E-state index contributed by atoms with van der Waals surface area (Å²) in [4.78, 5) is 0. The van der Waals surface area contributed by atoms with Crippen molar-refractivity contribution < 1.29 is 26.3 Å². The van der Waals surface area contributed by atoms with Crippen molar-refractivity contribution in [2.24, 2.45) is 5.14 Å². The van der Waals surface area contributed by atoms with Crippen molar-refractivity contribution in [2.75, 3.05) is 6.61 Å². The van der Waals surface area contributed by atoms with Gasteiger partial charge in [-0.1, -0.05) is 6.08 Å². The highest BCUT2D eigenvalue weighted by molar-refractivity contribution is 7.89. The van der Waals surface area contributed by atoms with Gasteiger partial charge in [-0.2, -0.15) is 0 Å². The van der Waals surface area contributed by atoms with Gasteiger partial charge in [0.25, 0.3) is 0 Å². The van der Waals surface area contributed by atoms with Gasteiger partial charge in [-0.05, 0) is 19.3 Å². The Kier molecular flexibility index (Phi) is 5.98. The van der Waals surface area contributed by atoms with E-state index in [0.29, 0.717) is 6.42 Å². The second-order valence-corrected chi connectivity index (χ2v) is 5.00. The van der Waals surface area contributed by atoms with Gasteiger partial charge in [-0.3, -0.25) is 4.74 Å². The molecule has 0 aromatic carbocycles. The van der Waals surface area contributed by atoms with Crippen LogP contribution in [0, 0.1) is 0 Å². The molecule has 96 valence electrons. The Hall–Kier alpha value is -0.600. The summed E-state index contributed by atoms with van der Waals surface area (Å²) in [5, 5.41) is 3.84. The van der Waals surface area contributed by atoms with E-state index in [0.717, 1.165) is 0 Å². The van der Waals surface area contributed by atoms with Crippen molar-refractivity contribution in [3.63, 3.8) is 0 Å². The van der Waals surface area contributed by atoms with E-state index in [4.69, 9.17) is 5.14 Å². The second kappa shape index (κ2) is 6.21. The molecule has 0 fully saturated rings. The van der Waals surface area contributed by atoms with E-state index in [-0.39, 0.29) is 12.8 Å². The van der Waals surface area contributed by atoms with E-state index in [1.165, 1.54) is 6.08 Å². The number of nitrogens with two attached hydrogens (primary N) is 1. The standard InChI is InChI=1S/C8H14F3NO3S/c1-2-3-4-7(16(12,13)14)5-6-15-8(9,10)11/h2,7H,1,3-6H2,(H2,12,13,14). The van der Waals surface area contributed by atoms with Gasteiger partial charge in [0.15, 0.2) is 0 Å². The van der Waals surface area contributed by atoms with Crippen molar-refractivity contribution in [1.82, 2.24) is 0 Å². The predicted molar refractivity (Wildman–Crippen MR) is 53.0 cm³/mol. The van der Waals surface area contributed by atoms with Gasteiger partial charge in [0.05, 0.1) is 11.9 Å². The summed E-state index contributed by atoms with van der Waals surface area (Å²) in [5.74, 6) is 0. The molecule has 8 heteroatoms. The van der Waals surface area contributed by atoms with Gasteiger partial charge in [0.1, 0.15) is 0 Å². The fourth-order valence-corrected chi connectivity index (χ4v) is 1.97. The number of halogens is 3. The highest BCUT2D eigenvalue weighted by Crippen LogP contribution is 2.18. The van der Waals surface area contributed by atoms with E-state index < -0.39 is 28.2 Å². The normalized spacial score (nSPS) is 14.8. The first kappa shape index (κ1) is 15.4. The summed E-state index contributed by atoms with van der Waals surface area (Å²) in [7, 11) is -3.85. The van der Waals surface area contributed by atoms with E-state index in [1.807, 2.05) is 0 Å². The molecular formula is C8H14F3NO3S. The number of sulfonamides is 1. The largest absolute Gasteiger partial charge is 0.522 e. The molecule has 0 aromatic heterocycles. The Bertz CT molecular complexity index is 313. The van der Waals surface area contributed by atoms with Crippen LogP contribution in [0.5, 0.6) is 0 Å². The maximum Gasteiger partial charge on any atom is 0.522 e. The van der Waals surface area contributed by atoms with Gasteiger partial charge >= 0.3 is 6.36 Å². The lowest BCUT2D eigenvalue weighted by Gasteiger charge is -2.14. The molecule has 0 aliphatic heterocycles. The maximum absolute atomic E-state index is 11.6. The zero-order valence-corrected chi connectivity index (χ0v) is 9.35. The van der Waals surface area contributed by atoms with Crippen LogP contribution in [-0.4, -0.2) is 26.6 Å². The maximum atomic E-state index is 11.6. The fourth-order valence-electron chi connectivity index (χ4n) is 1.08. The molecule has 0 bridgehead atoms. The lowest BCUT2D eigenvalue weighted by molar-refractivity contribution is -0.324. The third-order valence-electron chi connectivity index (χ3n) is 1.86. The molecule has 2 N–H and O–H groups in total. The highest BCUT2D eigenvalue weighted by Gasteiger charge is 2.30. The third-order valence-corrected chi connectivity index (χ3v) is 3.26. The van der Waals surface area contributed by atoms with E-state index in [9.17, 15) is 21.6 Å². The molecule has 0 amide bonds. The summed E-state index contributed by atoms with van der Waals surface area (Å²) < 4.78 is 60.4. The number of hydrogen-bond acceptors (Lipinski definition) is 3. The van der Waals surface area contributed by atoms with Crippen molar-refractivity contribution in [3.8, 4) is 0 Å². The average Bonchev–Trinajstić information content (AvgIpc) is 2.06. The molecule has 0 rings (SSSR count). The number of allylic oxidation sites excluding steroid dienone is 1. The summed E-state index contributed by atoms with van der Waals surface area (Å²) in [6, 6.07) is 0. The highest BCUT2D eigenvalue weighted by atomic mass is 32.2. The molecule has 1 unspecified atom stereocenters. The molecule has 0 radical (unpaired) electrons. The third kappa shape index (κ3) is 7.66. The summed E-state index contributed by atoms with van der Waals surface area (Å²) in [6.45, 7) is 2.67. The second-order valence-electron chi connectivity index (χ2n) is 3.16. The Labute approximate surface area is 92.3 Å². The Morgan fingerprint density at radius 1 is 1.38 bits per heavy atom. The molecule has 1 atom stereocenters. The summed E-state index contributed by atoms with van der Waals surface area (Å²) >= 11 is 0. The van der Waals surface area contributed by atoms with Crippen LogP contribution >= 0.6 is 0 Å². The van der Waals surface area contributed by atoms with E-state index in [1.54, 1.807) is 0 Å². The van der Waals surface area contributed by atoms with Gasteiger partial charge in [0, 0.05) is 0 Å². The Balaban J connectivity index is 4.18. The molecule has 0 aliphatic rings. The Morgan fingerprint density at radius 2 is 1.94 bits per heavy atom. The smallest absolute Gasteiger partial charge is 0.292 e. The van der Waals surface area contributed by atoms with Gasteiger partial charge in [-0.15, -0.1) is 19.8 Å². The number of alkyl halides is 3. The minimum Gasteiger partial charge on any atom is -0.292 e. The van der Waals surface area contributed by atoms with Crippen LogP contribution in [0.25, 0.3) is 0 Å². The minimum atomic E-state index is -4.75. The molecule has 0 saturated carbocycles. The molecule has 0 aromatic rings. The molecule has 0 aliphatic carbocycles. The van der Waals surface area contributed by atoms with E-state index in [2.05, 4.69) is 11.3 Å². The van der Waals surface area contributed by atoms with Crippen LogP contribution in [0.2, 0.25) is 0 Å². The van der Waals surface area contributed by atoms with Crippen molar-refractivity contribution >= 4 is 10.0 Å². The van der Waals surface area contributed by atoms with Crippen LogP contribution in [-0.2, 0) is 14.8 Å². The molecule has 16 heavy (non-hydrogen) atoms. The first-order valence-electron chi connectivity index (χ1n) is 4.50. The van der Waals surface area contributed by atoms with Crippen LogP contribution in [0.15, 0.2) is 12.7 Å². The first-order chi connectivity index (χ1) is 7.17. The van der Waals surface area contributed by atoms with Gasteiger partial charge < -0.3 is 0 Å². The molecule has 0 heterocycles. The SMILES string of the molecule is C=CCCC(CCOC(F)(F)F)S(N)(=O)=O. The monoisotopic (exact) mass is 261 g/mol. The predicted octanol–water partition coefficient (Wildman–Crippen LogP) is 1.54. The molecular weight excluding hydrogens is 247 g/mol. The molecule has 0 saturated heterocycles.